The standard InChI is InChI=1S/C6H13O2/c1-2-3-4-5-6-8-7/h2,7H,3-6H2,1H3. The average molecular weight is 117 g/mol. The fraction of sp³-hybridized carbons (Fsp3) is 0.833. The third kappa shape index (κ3) is 5.92. The van der Waals surface area contributed by atoms with Gasteiger partial charge in [0.05, 0.1) is 6.61 Å². The lowest BCUT2D eigenvalue weighted by Crippen LogP contribution is -1.87. The summed E-state index contributed by atoms with van der Waals surface area (Å²) in [5.41, 5.74) is 0. The second-order valence-corrected chi connectivity index (χ2v) is 1.74. The monoisotopic (exact) mass is 117 g/mol. The molecule has 0 aromatic heterocycles. The van der Waals surface area contributed by atoms with Gasteiger partial charge in [0, 0.05) is 0 Å². The lowest BCUT2D eigenvalue weighted by atomic mass is 10.2. The maximum absolute atomic E-state index is 7.86. The molecule has 0 aromatic carbocycles. The van der Waals surface area contributed by atoms with Crippen LogP contribution in [0.5, 0.6) is 0 Å². The molecule has 49 valence electrons. The molecule has 1 radical (unpaired) electrons. The Morgan fingerprint density at radius 1 is 1.50 bits per heavy atom. The zero-order valence-electron chi connectivity index (χ0n) is 5.26. The quantitative estimate of drug-likeness (QED) is 0.338. The largest absolute Gasteiger partial charge is 0.252 e. The van der Waals surface area contributed by atoms with E-state index in [1.54, 1.807) is 0 Å². The number of unbranched alkanes of at least 4 members (excludes halogenated alkanes) is 3. The van der Waals surface area contributed by atoms with Crippen molar-refractivity contribution in [1.29, 1.82) is 0 Å². The highest BCUT2D eigenvalue weighted by Gasteiger charge is 1.84. The van der Waals surface area contributed by atoms with Crippen molar-refractivity contribution in [2.24, 2.45) is 0 Å². The maximum atomic E-state index is 7.86. The minimum absolute atomic E-state index is 0.466. The van der Waals surface area contributed by atoms with Crippen LogP contribution >= 0.6 is 0 Å². The molecular weight excluding hydrogens is 104 g/mol. The van der Waals surface area contributed by atoms with Crippen molar-refractivity contribution in [3.8, 4) is 0 Å². The van der Waals surface area contributed by atoms with Crippen molar-refractivity contribution in [1.82, 2.24) is 0 Å². The van der Waals surface area contributed by atoms with E-state index < -0.39 is 0 Å². The molecule has 1 N–H and O–H groups in total. The van der Waals surface area contributed by atoms with Crippen molar-refractivity contribution in [2.45, 2.75) is 26.2 Å². The van der Waals surface area contributed by atoms with Gasteiger partial charge in [-0.05, 0) is 12.8 Å². The van der Waals surface area contributed by atoms with E-state index in [1.165, 1.54) is 0 Å². The molecule has 0 saturated heterocycles. The summed E-state index contributed by atoms with van der Waals surface area (Å²) >= 11 is 0. The first-order chi connectivity index (χ1) is 3.91. The Bertz CT molecular complexity index is 31.5. The Morgan fingerprint density at radius 3 is 2.75 bits per heavy atom. The van der Waals surface area contributed by atoms with Crippen LogP contribution in [0.1, 0.15) is 26.2 Å². The van der Waals surface area contributed by atoms with Crippen molar-refractivity contribution >= 4 is 0 Å². The fourth-order valence-electron chi connectivity index (χ4n) is 0.515. The van der Waals surface area contributed by atoms with E-state index in [-0.39, 0.29) is 0 Å². The molecular formula is C6H13O2. The second-order valence-electron chi connectivity index (χ2n) is 1.74. The minimum atomic E-state index is 0.466. The van der Waals surface area contributed by atoms with Crippen molar-refractivity contribution in [3.63, 3.8) is 0 Å². The number of rotatable bonds is 5. The van der Waals surface area contributed by atoms with Gasteiger partial charge in [0.1, 0.15) is 0 Å². The maximum Gasteiger partial charge on any atom is 0.0819 e. The molecule has 0 aromatic rings. The SMILES string of the molecule is C[CH]CCCCOO. The predicted molar refractivity (Wildman–Crippen MR) is 32.4 cm³/mol. The molecule has 0 fully saturated rings. The molecule has 0 amide bonds. The molecule has 2 nitrogen and oxygen atoms in total. The van der Waals surface area contributed by atoms with Gasteiger partial charge in [0.2, 0.25) is 0 Å². The summed E-state index contributed by atoms with van der Waals surface area (Å²) in [6.07, 6.45) is 5.28. The van der Waals surface area contributed by atoms with Crippen LogP contribution in [0.3, 0.4) is 0 Å². The lowest BCUT2D eigenvalue weighted by Gasteiger charge is -1.93. The summed E-state index contributed by atoms with van der Waals surface area (Å²) in [5.74, 6) is 0. The van der Waals surface area contributed by atoms with Crippen LogP contribution in [0, 0.1) is 6.42 Å². The topological polar surface area (TPSA) is 29.5 Å². The number of hydrogen-bond donors (Lipinski definition) is 1. The van der Waals surface area contributed by atoms with E-state index >= 15 is 0 Å². The molecule has 0 bridgehead atoms. The molecule has 0 aliphatic carbocycles. The van der Waals surface area contributed by atoms with Gasteiger partial charge in [-0.2, -0.15) is 0 Å². The van der Waals surface area contributed by atoms with Gasteiger partial charge in [-0.15, -0.1) is 0 Å². The van der Waals surface area contributed by atoms with Crippen LogP contribution in [0.25, 0.3) is 0 Å². The molecule has 0 atom stereocenters. The van der Waals surface area contributed by atoms with Gasteiger partial charge >= 0.3 is 0 Å². The predicted octanol–water partition coefficient (Wildman–Crippen LogP) is 1.87. The van der Waals surface area contributed by atoms with E-state index in [0.717, 1.165) is 19.3 Å². The first kappa shape index (κ1) is 7.92. The molecule has 2 heteroatoms. The summed E-state index contributed by atoms with van der Waals surface area (Å²) in [6, 6.07) is 0. The molecule has 0 heterocycles. The van der Waals surface area contributed by atoms with E-state index in [9.17, 15) is 0 Å². The van der Waals surface area contributed by atoms with Gasteiger partial charge in [0.15, 0.2) is 0 Å². The zero-order chi connectivity index (χ0) is 6.24. The first-order valence-corrected chi connectivity index (χ1v) is 2.96. The molecule has 0 aliphatic rings. The molecule has 8 heavy (non-hydrogen) atoms. The van der Waals surface area contributed by atoms with Gasteiger partial charge in [0.25, 0.3) is 0 Å². The Hall–Kier alpha value is -0.0800. The smallest absolute Gasteiger partial charge is 0.0819 e. The molecule has 0 rings (SSSR count). The summed E-state index contributed by atoms with van der Waals surface area (Å²) in [7, 11) is 0. The molecule has 0 saturated carbocycles. The highest BCUT2D eigenvalue weighted by Crippen LogP contribution is 1.96. The van der Waals surface area contributed by atoms with Crippen LogP contribution < -0.4 is 0 Å². The highest BCUT2D eigenvalue weighted by molar-refractivity contribution is 4.54. The Morgan fingerprint density at radius 2 is 2.25 bits per heavy atom. The molecule has 0 aliphatic heterocycles. The van der Waals surface area contributed by atoms with Gasteiger partial charge in [-0.25, -0.2) is 4.89 Å². The normalized spacial score (nSPS) is 9.75. The number of hydrogen-bond acceptors (Lipinski definition) is 2. The Kier molecular flexibility index (Phi) is 6.85. The van der Waals surface area contributed by atoms with E-state index in [4.69, 9.17) is 5.26 Å². The van der Waals surface area contributed by atoms with Crippen molar-refractivity contribution in [2.75, 3.05) is 6.61 Å². The summed E-state index contributed by atoms with van der Waals surface area (Å²) in [4.78, 5) is 3.87. The first-order valence-electron chi connectivity index (χ1n) is 2.96. The fourth-order valence-corrected chi connectivity index (χ4v) is 0.515. The summed E-state index contributed by atoms with van der Waals surface area (Å²) in [6.45, 7) is 2.49. The minimum Gasteiger partial charge on any atom is -0.252 e. The summed E-state index contributed by atoms with van der Waals surface area (Å²) in [5, 5.41) is 7.86. The third-order valence-corrected chi connectivity index (χ3v) is 0.978. The van der Waals surface area contributed by atoms with Crippen LogP contribution in [0.15, 0.2) is 0 Å². The Labute approximate surface area is 50.4 Å². The van der Waals surface area contributed by atoms with Crippen LogP contribution in [0.2, 0.25) is 0 Å². The molecule has 0 unspecified atom stereocenters. The average Bonchev–Trinajstić information content (AvgIpc) is 1.81. The van der Waals surface area contributed by atoms with E-state index in [2.05, 4.69) is 11.3 Å². The van der Waals surface area contributed by atoms with Gasteiger partial charge in [-0.1, -0.05) is 19.8 Å². The molecule has 0 spiro atoms. The van der Waals surface area contributed by atoms with Crippen LogP contribution in [-0.4, -0.2) is 11.9 Å². The van der Waals surface area contributed by atoms with E-state index in [0.29, 0.717) is 6.61 Å². The van der Waals surface area contributed by atoms with Crippen molar-refractivity contribution in [3.05, 3.63) is 6.42 Å². The van der Waals surface area contributed by atoms with Crippen LogP contribution in [0.4, 0.5) is 0 Å². The third-order valence-electron chi connectivity index (χ3n) is 0.978. The summed E-state index contributed by atoms with van der Waals surface area (Å²) < 4.78 is 0. The van der Waals surface area contributed by atoms with Gasteiger partial charge < -0.3 is 0 Å². The zero-order valence-corrected chi connectivity index (χ0v) is 5.26. The van der Waals surface area contributed by atoms with Gasteiger partial charge in [-0.3, -0.25) is 5.26 Å². The highest BCUT2D eigenvalue weighted by atomic mass is 17.1. The van der Waals surface area contributed by atoms with E-state index in [1.807, 2.05) is 6.92 Å². The second kappa shape index (κ2) is 6.92. The van der Waals surface area contributed by atoms with Crippen molar-refractivity contribution < 1.29 is 10.1 Å². The van der Waals surface area contributed by atoms with Crippen LogP contribution in [-0.2, 0) is 4.89 Å². The Balaban J connectivity index is 2.53. The lowest BCUT2D eigenvalue weighted by molar-refractivity contribution is -0.242.